The van der Waals surface area contributed by atoms with Gasteiger partial charge in [-0.1, -0.05) is 74.5 Å². The lowest BCUT2D eigenvalue weighted by Gasteiger charge is -2.26. The molecule has 3 N–H and O–H groups in total. The summed E-state index contributed by atoms with van der Waals surface area (Å²) in [4.78, 5) is 50.7. The van der Waals surface area contributed by atoms with E-state index in [-0.39, 0.29) is 12.3 Å². The third kappa shape index (κ3) is 11.3. The van der Waals surface area contributed by atoms with E-state index in [1.807, 2.05) is 74.5 Å². The van der Waals surface area contributed by atoms with Crippen LogP contribution in [0.25, 0.3) is 0 Å². The van der Waals surface area contributed by atoms with Gasteiger partial charge in [0.15, 0.2) is 0 Å². The molecule has 3 amide bonds. The molecule has 3 atom stereocenters. The summed E-state index contributed by atoms with van der Waals surface area (Å²) in [5.41, 5.74) is 1.02. The van der Waals surface area contributed by atoms with Gasteiger partial charge in [0.2, 0.25) is 11.8 Å². The average molecular weight is 510 g/mol. The Morgan fingerprint density at radius 2 is 1.30 bits per heavy atom. The first-order chi connectivity index (χ1) is 17.5. The van der Waals surface area contributed by atoms with Crippen LogP contribution >= 0.6 is 0 Å². The third-order valence-electron chi connectivity index (χ3n) is 5.42. The van der Waals surface area contributed by atoms with Crippen molar-refractivity contribution in [1.29, 1.82) is 0 Å². The summed E-state index contributed by atoms with van der Waals surface area (Å²) in [5, 5.41) is 8.19. The van der Waals surface area contributed by atoms with E-state index in [9.17, 15) is 19.2 Å². The summed E-state index contributed by atoms with van der Waals surface area (Å²) in [6.07, 6.45) is 0.889. The first-order valence-corrected chi connectivity index (χ1v) is 12.6. The molecule has 8 nitrogen and oxygen atoms in total. The second-order valence-electron chi connectivity index (χ2n) is 10.5. The van der Waals surface area contributed by atoms with Crippen molar-refractivity contribution in [1.82, 2.24) is 16.0 Å². The molecule has 37 heavy (non-hydrogen) atoms. The van der Waals surface area contributed by atoms with Crippen molar-refractivity contribution in [2.24, 2.45) is 5.92 Å². The molecule has 0 aliphatic carbocycles. The van der Waals surface area contributed by atoms with Crippen molar-refractivity contribution in [2.75, 3.05) is 0 Å². The number of hydrogen-bond acceptors (Lipinski definition) is 5. The SMILES string of the molecule is CC(C)C[C@H](NC(=O)[C@@H](Cc1ccccc1)NC(=O)OC(C)(C)C)C(=O)N[C@H](C=O)Cc1ccccc1. The maximum Gasteiger partial charge on any atom is 0.408 e. The van der Waals surface area contributed by atoms with Gasteiger partial charge in [0.1, 0.15) is 24.0 Å². The normalized spacial score (nSPS) is 13.7. The van der Waals surface area contributed by atoms with E-state index >= 15 is 0 Å². The molecule has 2 aromatic rings. The Morgan fingerprint density at radius 1 is 0.784 bits per heavy atom. The second kappa shape index (κ2) is 14.2. The molecule has 2 rings (SSSR count). The third-order valence-corrected chi connectivity index (χ3v) is 5.42. The Bertz CT molecular complexity index is 1020. The molecular weight excluding hydrogens is 470 g/mol. The zero-order chi connectivity index (χ0) is 27.4. The quantitative estimate of drug-likeness (QED) is 0.379. The van der Waals surface area contributed by atoms with E-state index in [1.165, 1.54) is 0 Å². The number of carbonyl (C=O) groups is 4. The lowest BCUT2D eigenvalue weighted by Crippen LogP contribution is -2.56. The minimum atomic E-state index is -0.967. The fourth-order valence-corrected chi connectivity index (χ4v) is 3.77. The molecule has 8 heteroatoms. The van der Waals surface area contributed by atoms with Gasteiger partial charge in [0.05, 0.1) is 6.04 Å². The van der Waals surface area contributed by atoms with Crippen LogP contribution in [-0.4, -0.2) is 47.9 Å². The maximum atomic E-state index is 13.4. The number of alkyl carbamates (subject to hydrolysis) is 1. The maximum absolute atomic E-state index is 13.4. The van der Waals surface area contributed by atoms with Crippen LogP contribution < -0.4 is 16.0 Å². The Morgan fingerprint density at radius 3 is 1.78 bits per heavy atom. The van der Waals surface area contributed by atoms with Crippen LogP contribution in [0.2, 0.25) is 0 Å². The number of nitrogens with one attached hydrogen (secondary N) is 3. The minimum Gasteiger partial charge on any atom is -0.444 e. The van der Waals surface area contributed by atoms with E-state index in [0.717, 1.165) is 11.1 Å². The number of ether oxygens (including phenoxy) is 1. The van der Waals surface area contributed by atoms with Gasteiger partial charge in [-0.25, -0.2) is 4.79 Å². The van der Waals surface area contributed by atoms with Crippen LogP contribution in [0.15, 0.2) is 60.7 Å². The largest absolute Gasteiger partial charge is 0.444 e. The number of carbonyl (C=O) groups excluding carboxylic acids is 4. The number of rotatable bonds is 12. The number of aldehydes is 1. The van der Waals surface area contributed by atoms with Crippen molar-refractivity contribution in [2.45, 2.75) is 77.6 Å². The lowest BCUT2D eigenvalue weighted by molar-refractivity contribution is -0.131. The standard InChI is InChI=1S/C29H39N3O5/c1-20(2)16-24(26(34)30-23(19-33)17-21-12-8-6-9-13-21)31-27(35)25(18-22-14-10-7-11-15-22)32-28(36)37-29(3,4)5/h6-15,19-20,23-25H,16-18H2,1-5H3,(H,30,34)(H,31,35)(H,32,36)/t23-,24-,25+/m0/s1. The molecule has 0 aliphatic rings. The van der Waals surface area contributed by atoms with E-state index < -0.39 is 41.6 Å². The van der Waals surface area contributed by atoms with Crippen molar-refractivity contribution in [3.8, 4) is 0 Å². The number of benzene rings is 2. The summed E-state index contributed by atoms with van der Waals surface area (Å²) in [6.45, 7) is 9.09. The monoisotopic (exact) mass is 509 g/mol. The van der Waals surface area contributed by atoms with Gasteiger partial charge in [-0.3, -0.25) is 9.59 Å². The lowest BCUT2D eigenvalue weighted by atomic mass is 10.00. The molecule has 0 aliphatic heterocycles. The van der Waals surface area contributed by atoms with Crippen molar-refractivity contribution < 1.29 is 23.9 Å². The highest BCUT2D eigenvalue weighted by atomic mass is 16.6. The molecule has 0 heterocycles. The summed E-state index contributed by atoms with van der Waals surface area (Å²) in [6, 6.07) is 16.1. The summed E-state index contributed by atoms with van der Waals surface area (Å²) in [5.74, 6) is -0.877. The van der Waals surface area contributed by atoms with Gasteiger partial charge in [0, 0.05) is 6.42 Å². The molecule has 0 bridgehead atoms. The van der Waals surface area contributed by atoms with Gasteiger partial charge in [-0.15, -0.1) is 0 Å². The highest BCUT2D eigenvalue weighted by Gasteiger charge is 2.30. The molecule has 0 saturated heterocycles. The Hall–Kier alpha value is -3.68. The van der Waals surface area contributed by atoms with Crippen molar-refractivity contribution in [3.05, 3.63) is 71.8 Å². The first kappa shape index (κ1) is 29.5. The fourth-order valence-electron chi connectivity index (χ4n) is 3.77. The second-order valence-corrected chi connectivity index (χ2v) is 10.5. The molecule has 0 spiro atoms. The van der Waals surface area contributed by atoms with Crippen LogP contribution in [0.3, 0.4) is 0 Å². The molecule has 0 saturated carbocycles. The van der Waals surface area contributed by atoms with Crippen LogP contribution in [0.4, 0.5) is 4.79 Å². The fraction of sp³-hybridized carbons (Fsp3) is 0.448. The highest BCUT2D eigenvalue weighted by Crippen LogP contribution is 2.11. The molecule has 2 aromatic carbocycles. The van der Waals surface area contributed by atoms with Crippen molar-refractivity contribution >= 4 is 24.2 Å². The van der Waals surface area contributed by atoms with Crippen LogP contribution in [0, 0.1) is 5.92 Å². The van der Waals surface area contributed by atoms with Gasteiger partial charge in [-0.05, 0) is 50.7 Å². The number of amides is 3. The molecule has 0 aromatic heterocycles. The van der Waals surface area contributed by atoms with Gasteiger partial charge in [-0.2, -0.15) is 0 Å². The van der Waals surface area contributed by atoms with Gasteiger partial charge >= 0.3 is 6.09 Å². The predicted molar refractivity (Wildman–Crippen MR) is 143 cm³/mol. The summed E-state index contributed by atoms with van der Waals surface area (Å²) in [7, 11) is 0. The summed E-state index contributed by atoms with van der Waals surface area (Å²) < 4.78 is 5.35. The average Bonchev–Trinajstić information content (AvgIpc) is 2.82. The van der Waals surface area contributed by atoms with E-state index in [1.54, 1.807) is 20.8 Å². The smallest absolute Gasteiger partial charge is 0.408 e. The zero-order valence-corrected chi connectivity index (χ0v) is 22.3. The van der Waals surface area contributed by atoms with E-state index in [0.29, 0.717) is 19.1 Å². The molecule has 200 valence electrons. The van der Waals surface area contributed by atoms with Crippen LogP contribution in [0.1, 0.15) is 52.2 Å². The summed E-state index contributed by atoms with van der Waals surface area (Å²) >= 11 is 0. The molecular formula is C29H39N3O5. The van der Waals surface area contributed by atoms with Gasteiger partial charge < -0.3 is 25.5 Å². The predicted octanol–water partition coefficient (Wildman–Crippen LogP) is 3.58. The topological polar surface area (TPSA) is 114 Å². The first-order valence-electron chi connectivity index (χ1n) is 12.6. The highest BCUT2D eigenvalue weighted by molar-refractivity contribution is 5.92. The Kier molecular flexibility index (Phi) is 11.3. The van der Waals surface area contributed by atoms with Crippen molar-refractivity contribution in [3.63, 3.8) is 0 Å². The molecule has 0 fully saturated rings. The van der Waals surface area contributed by atoms with E-state index in [4.69, 9.17) is 4.74 Å². The Balaban J connectivity index is 2.16. The zero-order valence-electron chi connectivity index (χ0n) is 22.3. The molecule has 0 radical (unpaired) electrons. The minimum absolute atomic E-state index is 0.0891. The van der Waals surface area contributed by atoms with Gasteiger partial charge in [0.25, 0.3) is 0 Å². The number of hydrogen-bond donors (Lipinski definition) is 3. The van der Waals surface area contributed by atoms with Crippen LogP contribution in [0.5, 0.6) is 0 Å². The van der Waals surface area contributed by atoms with E-state index in [2.05, 4.69) is 16.0 Å². The Labute approximate surface area is 219 Å². The van der Waals surface area contributed by atoms with Crippen LogP contribution in [-0.2, 0) is 32.0 Å². The molecule has 0 unspecified atom stereocenters.